The highest BCUT2D eigenvalue weighted by molar-refractivity contribution is 5.90. The van der Waals surface area contributed by atoms with Gasteiger partial charge in [-0.15, -0.1) is 0 Å². The van der Waals surface area contributed by atoms with Crippen molar-refractivity contribution in [1.29, 1.82) is 0 Å². The summed E-state index contributed by atoms with van der Waals surface area (Å²) in [5, 5.41) is 20.9. The van der Waals surface area contributed by atoms with Gasteiger partial charge in [0.1, 0.15) is 11.5 Å². The average molecular weight is 278 g/mol. The molecule has 1 fully saturated rings. The predicted molar refractivity (Wildman–Crippen MR) is 73.8 cm³/mol. The highest BCUT2D eigenvalue weighted by Gasteiger charge is 2.39. The van der Waals surface area contributed by atoms with E-state index in [0.29, 0.717) is 12.1 Å². The highest BCUT2D eigenvalue weighted by Crippen LogP contribution is 2.37. The van der Waals surface area contributed by atoms with Crippen LogP contribution in [0.3, 0.4) is 0 Å². The van der Waals surface area contributed by atoms with Gasteiger partial charge in [0.05, 0.1) is 10.8 Å². The Morgan fingerprint density at radius 3 is 2.65 bits per heavy atom. The quantitative estimate of drug-likeness (QED) is 0.660. The minimum Gasteiger partial charge on any atom is -0.508 e. The fourth-order valence-corrected chi connectivity index (χ4v) is 2.80. The molecular weight excluding hydrogens is 260 g/mol. The fourth-order valence-electron chi connectivity index (χ4n) is 2.80. The molecule has 2 rings (SSSR count). The second-order valence-corrected chi connectivity index (χ2v) is 5.46. The molecule has 0 radical (unpaired) electrons. The number of hydrogen-bond donors (Lipinski definition) is 1. The molecule has 6 nitrogen and oxygen atoms in total. The normalized spacial score (nSPS) is 27.6. The number of nitrogens with zero attached hydrogens (tertiary/aromatic N) is 2. The molecule has 1 saturated heterocycles. The van der Waals surface area contributed by atoms with Crippen molar-refractivity contribution in [2.45, 2.75) is 25.8 Å². The van der Waals surface area contributed by atoms with Crippen molar-refractivity contribution in [3.63, 3.8) is 0 Å². The van der Waals surface area contributed by atoms with Gasteiger partial charge >= 0.3 is 0 Å². The van der Waals surface area contributed by atoms with Crippen LogP contribution in [0.1, 0.15) is 25.3 Å². The Morgan fingerprint density at radius 1 is 1.40 bits per heavy atom. The molecule has 20 heavy (non-hydrogen) atoms. The van der Waals surface area contributed by atoms with Crippen molar-refractivity contribution in [1.82, 2.24) is 4.90 Å². The number of likely N-dealkylation sites (N-methyl/N-ethyl adjacent to an activating group) is 1. The smallest absolute Gasteiger partial charge is 0.269 e. The largest absolute Gasteiger partial charge is 0.508 e. The molecule has 108 valence electrons. The summed E-state index contributed by atoms with van der Waals surface area (Å²) in [6.07, 6.45) is 0. The van der Waals surface area contributed by atoms with E-state index in [1.807, 2.05) is 25.8 Å². The molecule has 0 saturated carbocycles. The molecule has 3 unspecified atom stereocenters. The van der Waals surface area contributed by atoms with Gasteiger partial charge in [0, 0.05) is 36.2 Å². The molecule has 6 heteroatoms. The Hall–Kier alpha value is -1.95. The van der Waals surface area contributed by atoms with Gasteiger partial charge in [-0.2, -0.15) is 0 Å². The monoisotopic (exact) mass is 278 g/mol. The summed E-state index contributed by atoms with van der Waals surface area (Å²) < 4.78 is 0. The second kappa shape index (κ2) is 5.20. The van der Waals surface area contributed by atoms with Gasteiger partial charge in [-0.05, 0) is 20.0 Å². The topological polar surface area (TPSA) is 83.7 Å². The molecular formula is C14H18N2O4. The van der Waals surface area contributed by atoms with Crippen LogP contribution in [-0.2, 0) is 4.79 Å². The Kier molecular flexibility index (Phi) is 3.76. The lowest BCUT2D eigenvalue weighted by molar-refractivity contribution is -0.385. The number of nitro groups is 1. The summed E-state index contributed by atoms with van der Waals surface area (Å²) in [6.45, 7) is 4.39. The van der Waals surface area contributed by atoms with Crippen LogP contribution in [0.4, 0.5) is 5.69 Å². The van der Waals surface area contributed by atoms with Gasteiger partial charge in [0.15, 0.2) is 0 Å². The first-order chi connectivity index (χ1) is 9.32. The summed E-state index contributed by atoms with van der Waals surface area (Å²) in [5.41, 5.74) is 0.230. The number of phenolic OH excluding ortho intramolecular Hbond substituents is 1. The Morgan fingerprint density at radius 2 is 2.05 bits per heavy atom. The number of piperidine rings is 1. The number of phenols is 1. The SMILES string of the molecule is CC1CN(C)C(C)C(c2cc([N+](=O)[O-])ccc2O)C1=O. The highest BCUT2D eigenvalue weighted by atomic mass is 16.6. The summed E-state index contributed by atoms with van der Waals surface area (Å²) >= 11 is 0. The van der Waals surface area contributed by atoms with Crippen molar-refractivity contribution < 1.29 is 14.8 Å². The van der Waals surface area contributed by atoms with Crippen molar-refractivity contribution in [2.75, 3.05) is 13.6 Å². The molecule has 1 aliphatic rings. The Balaban J connectivity index is 2.50. The van der Waals surface area contributed by atoms with Gasteiger partial charge in [0.25, 0.3) is 5.69 Å². The van der Waals surface area contributed by atoms with E-state index < -0.39 is 10.8 Å². The summed E-state index contributed by atoms with van der Waals surface area (Å²) in [6, 6.07) is 3.73. The van der Waals surface area contributed by atoms with Crippen LogP contribution in [0.25, 0.3) is 0 Å². The summed E-state index contributed by atoms with van der Waals surface area (Å²) in [5.74, 6) is -0.738. The zero-order chi connectivity index (χ0) is 15.0. The minimum absolute atomic E-state index is 0.0198. The van der Waals surface area contributed by atoms with Crippen molar-refractivity contribution >= 4 is 11.5 Å². The number of aromatic hydroxyl groups is 1. The summed E-state index contributed by atoms with van der Waals surface area (Å²) in [7, 11) is 1.91. The third-order valence-electron chi connectivity index (χ3n) is 4.09. The molecule has 1 N–H and O–H groups in total. The van der Waals surface area contributed by atoms with Crippen LogP contribution in [-0.4, -0.2) is 40.3 Å². The molecule has 3 atom stereocenters. The standard InChI is InChI=1S/C14H18N2O4/c1-8-7-15(3)9(2)13(14(8)18)11-6-10(16(19)20)4-5-12(11)17/h4-6,8-9,13,17H,7H2,1-3H3. The third kappa shape index (κ3) is 2.38. The maximum atomic E-state index is 12.4. The summed E-state index contributed by atoms with van der Waals surface area (Å²) in [4.78, 5) is 24.8. The maximum absolute atomic E-state index is 12.4. The van der Waals surface area contributed by atoms with Gasteiger partial charge in [0.2, 0.25) is 0 Å². The van der Waals surface area contributed by atoms with Crippen molar-refractivity contribution in [2.24, 2.45) is 5.92 Å². The molecule has 0 spiro atoms. The molecule has 1 aromatic rings. The first-order valence-corrected chi connectivity index (χ1v) is 6.54. The zero-order valence-electron chi connectivity index (χ0n) is 11.7. The van der Waals surface area contributed by atoms with Crippen LogP contribution in [0.15, 0.2) is 18.2 Å². The average Bonchev–Trinajstić information content (AvgIpc) is 2.38. The molecule has 1 aromatic carbocycles. The number of Topliss-reactive ketones (excluding diaryl/α,β-unsaturated/α-hetero) is 1. The van der Waals surface area contributed by atoms with Gasteiger partial charge in [-0.25, -0.2) is 0 Å². The lowest BCUT2D eigenvalue weighted by Gasteiger charge is -2.39. The van der Waals surface area contributed by atoms with Crippen LogP contribution in [0.5, 0.6) is 5.75 Å². The van der Waals surface area contributed by atoms with Crippen LogP contribution in [0, 0.1) is 16.0 Å². The Bertz CT molecular complexity index is 558. The number of rotatable bonds is 2. The van der Waals surface area contributed by atoms with E-state index in [1.54, 1.807) is 0 Å². The van der Waals surface area contributed by atoms with E-state index >= 15 is 0 Å². The predicted octanol–water partition coefficient (Wildman–Crippen LogP) is 1.92. The molecule has 0 amide bonds. The van der Waals surface area contributed by atoms with Gasteiger partial charge in [-0.1, -0.05) is 6.92 Å². The van der Waals surface area contributed by atoms with Crippen molar-refractivity contribution in [3.05, 3.63) is 33.9 Å². The fraction of sp³-hybridized carbons (Fsp3) is 0.500. The molecule has 0 aliphatic carbocycles. The van der Waals surface area contributed by atoms with E-state index in [4.69, 9.17) is 0 Å². The number of carbonyl (C=O) groups is 1. The zero-order valence-corrected chi connectivity index (χ0v) is 11.7. The number of likely N-dealkylation sites (tertiary alicyclic amines) is 1. The van der Waals surface area contributed by atoms with Gasteiger partial charge in [-0.3, -0.25) is 14.9 Å². The van der Waals surface area contributed by atoms with Crippen LogP contribution >= 0.6 is 0 Å². The van der Waals surface area contributed by atoms with Gasteiger partial charge < -0.3 is 10.0 Å². The molecule has 0 aromatic heterocycles. The number of carbonyl (C=O) groups excluding carboxylic acids is 1. The van der Waals surface area contributed by atoms with Crippen LogP contribution in [0.2, 0.25) is 0 Å². The third-order valence-corrected chi connectivity index (χ3v) is 4.09. The Labute approximate surface area is 117 Å². The lowest BCUT2D eigenvalue weighted by atomic mass is 9.78. The van der Waals surface area contributed by atoms with E-state index in [0.717, 1.165) is 0 Å². The van der Waals surface area contributed by atoms with Crippen LogP contribution < -0.4 is 0 Å². The van der Waals surface area contributed by atoms with E-state index in [-0.39, 0.29) is 29.2 Å². The van der Waals surface area contributed by atoms with E-state index in [1.165, 1.54) is 18.2 Å². The number of hydrogen-bond acceptors (Lipinski definition) is 5. The van der Waals surface area contributed by atoms with Crippen molar-refractivity contribution in [3.8, 4) is 5.75 Å². The first kappa shape index (κ1) is 14.5. The van der Waals surface area contributed by atoms with E-state index in [9.17, 15) is 20.0 Å². The number of nitro benzene ring substituents is 1. The van der Waals surface area contributed by atoms with E-state index in [2.05, 4.69) is 0 Å². The second-order valence-electron chi connectivity index (χ2n) is 5.46. The molecule has 1 heterocycles. The maximum Gasteiger partial charge on any atom is 0.269 e. The number of ketones is 1. The first-order valence-electron chi connectivity index (χ1n) is 6.54. The number of non-ortho nitro benzene ring substituents is 1. The number of benzene rings is 1. The minimum atomic E-state index is -0.538. The molecule has 1 aliphatic heterocycles. The molecule has 0 bridgehead atoms. The lowest BCUT2D eigenvalue weighted by Crippen LogP contribution is -2.48.